The van der Waals surface area contributed by atoms with Gasteiger partial charge in [-0.2, -0.15) is 4.31 Å². The van der Waals surface area contributed by atoms with Gasteiger partial charge in [-0.1, -0.05) is 0 Å². The molecule has 1 aliphatic rings. The van der Waals surface area contributed by atoms with E-state index in [4.69, 9.17) is 4.74 Å². The predicted octanol–water partition coefficient (Wildman–Crippen LogP) is 1.76. The molecule has 9 heteroatoms. The second-order valence-electron chi connectivity index (χ2n) is 5.72. The molecule has 0 N–H and O–H groups in total. The van der Waals surface area contributed by atoms with Gasteiger partial charge in [0.25, 0.3) is 0 Å². The van der Waals surface area contributed by atoms with Gasteiger partial charge >= 0.3 is 0 Å². The van der Waals surface area contributed by atoms with Gasteiger partial charge in [0.15, 0.2) is 0 Å². The highest BCUT2D eigenvalue weighted by Crippen LogP contribution is 2.31. The molecule has 1 saturated heterocycles. The Balaban J connectivity index is 1.81. The number of ether oxygens (including phenoxy) is 1. The minimum absolute atomic E-state index is 0.135. The van der Waals surface area contributed by atoms with E-state index in [1.165, 1.54) is 23.5 Å². The van der Waals surface area contributed by atoms with Crippen LogP contribution in [0.1, 0.15) is 24.7 Å². The summed E-state index contributed by atoms with van der Waals surface area (Å²) < 4.78 is 47.6. The minimum Gasteiger partial charge on any atom is -0.495 e. The summed E-state index contributed by atoms with van der Waals surface area (Å²) in [6, 6.07) is 3.68. The first-order valence-electron chi connectivity index (χ1n) is 7.63. The molecule has 0 bridgehead atoms. The van der Waals surface area contributed by atoms with Crippen molar-refractivity contribution in [2.24, 2.45) is 0 Å². The van der Waals surface area contributed by atoms with E-state index in [0.717, 1.165) is 11.9 Å². The Labute approximate surface area is 140 Å². The monoisotopic (exact) mass is 354 g/mol. The molecule has 1 aromatic heterocycles. The minimum atomic E-state index is -3.80. The largest absolute Gasteiger partial charge is 0.495 e. The van der Waals surface area contributed by atoms with E-state index in [2.05, 4.69) is 10.2 Å². The van der Waals surface area contributed by atoms with E-state index < -0.39 is 15.8 Å². The zero-order chi connectivity index (χ0) is 17.3. The zero-order valence-electron chi connectivity index (χ0n) is 13.5. The summed E-state index contributed by atoms with van der Waals surface area (Å²) in [4.78, 5) is -0.135. The molecule has 7 nitrogen and oxygen atoms in total. The van der Waals surface area contributed by atoms with E-state index in [0.29, 0.717) is 25.9 Å². The molecular formula is C15H19FN4O3S. The van der Waals surface area contributed by atoms with Crippen LogP contribution in [0.4, 0.5) is 4.39 Å². The van der Waals surface area contributed by atoms with Crippen molar-refractivity contribution >= 4 is 10.0 Å². The molecule has 3 rings (SSSR count). The summed E-state index contributed by atoms with van der Waals surface area (Å²) in [5, 5.41) is 7.83. The van der Waals surface area contributed by atoms with Crippen molar-refractivity contribution < 1.29 is 17.5 Å². The van der Waals surface area contributed by atoms with Gasteiger partial charge in [-0.25, -0.2) is 12.8 Å². The average molecular weight is 354 g/mol. The molecule has 0 radical (unpaired) electrons. The fourth-order valence-electron chi connectivity index (χ4n) is 3.01. The summed E-state index contributed by atoms with van der Waals surface area (Å²) in [6.45, 7) is 2.57. The number of piperidine rings is 1. The van der Waals surface area contributed by atoms with Crippen LogP contribution in [0.3, 0.4) is 0 Å². The second-order valence-corrected chi connectivity index (χ2v) is 7.62. The van der Waals surface area contributed by atoms with Crippen molar-refractivity contribution in [1.29, 1.82) is 0 Å². The van der Waals surface area contributed by atoms with Crippen LogP contribution >= 0.6 is 0 Å². The highest BCUT2D eigenvalue weighted by molar-refractivity contribution is 7.89. The molecule has 24 heavy (non-hydrogen) atoms. The first-order chi connectivity index (χ1) is 11.4. The number of benzene rings is 1. The molecule has 1 fully saturated rings. The summed E-state index contributed by atoms with van der Waals surface area (Å²) in [6.07, 6.45) is 2.96. The third-order valence-electron chi connectivity index (χ3n) is 4.31. The van der Waals surface area contributed by atoms with Crippen molar-refractivity contribution in [2.45, 2.75) is 30.7 Å². The molecule has 130 valence electrons. The van der Waals surface area contributed by atoms with Gasteiger partial charge in [-0.15, -0.1) is 10.2 Å². The SMILES string of the molecule is COc1ccc(F)cc1S(=O)(=O)N1CCC(n2cnnc2C)CC1. The molecule has 2 heterocycles. The maximum absolute atomic E-state index is 13.5. The van der Waals surface area contributed by atoms with E-state index >= 15 is 0 Å². The normalized spacial score (nSPS) is 17.1. The number of halogens is 1. The van der Waals surface area contributed by atoms with E-state index in [-0.39, 0.29) is 16.7 Å². The third-order valence-corrected chi connectivity index (χ3v) is 6.23. The first kappa shape index (κ1) is 16.8. The van der Waals surface area contributed by atoms with Crippen LogP contribution in [-0.4, -0.2) is 47.7 Å². The third kappa shape index (κ3) is 3.01. The van der Waals surface area contributed by atoms with Gasteiger partial charge < -0.3 is 9.30 Å². The number of hydrogen-bond donors (Lipinski definition) is 0. The van der Waals surface area contributed by atoms with Gasteiger partial charge in [0.1, 0.15) is 28.6 Å². The Bertz CT molecular complexity index is 829. The number of methoxy groups -OCH3 is 1. The number of hydrogen-bond acceptors (Lipinski definition) is 5. The smallest absolute Gasteiger partial charge is 0.246 e. The lowest BCUT2D eigenvalue weighted by Crippen LogP contribution is -2.39. The number of sulfonamides is 1. The molecule has 0 unspecified atom stereocenters. The van der Waals surface area contributed by atoms with Crippen molar-refractivity contribution in [3.8, 4) is 5.75 Å². The van der Waals surface area contributed by atoms with Crippen LogP contribution in [0, 0.1) is 12.7 Å². The van der Waals surface area contributed by atoms with Crippen molar-refractivity contribution in [1.82, 2.24) is 19.1 Å². The average Bonchev–Trinajstić information content (AvgIpc) is 3.01. The maximum atomic E-state index is 13.5. The Kier molecular flexibility index (Phi) is 4.55. The first-order valence-corrected chi connectivity index (χ1v) is 9.07. The topological polar surface area (TPSA) is 77.3 Å². The maximum Gasteiger partial charge on any atom is 0.246 e. The summed E-state index contributed by atoms with van der Waals surface area (Å²) in [5.74, 6) is 0.348. The Morgan fingerprint density at radius 2 is 2.00 bits per heavy atom. The van der Waals surface area contributed by atoms with Crippen LogP contribution in [-0.2, 0) is 10.0 Å². The molecule has 0 aliphatic carbocycles. The molecule has 1 aliphatic heterocycles. The lowest BCUT2D eigenvalue weighted by molar-refractivity contribution is 0.270. The standard InChI is InChI=1S/C15H19FN4O3S/c1-11-18-17-10-20(11)13-5-7-19(8-6-13)24(21,22)15-9-12(16)3-4-14(15)23-2/h3-4,9-10,13H,5-8H2,1-2H3. The van der Waals surface area contributed by atoms with Gasteiger partial charge in [-0.3, -0.25) is 0 Å². The summed E-state index contributed by atoms with van der Waals surface area (Å²) in [7, 11) is -2.43. The highest BCUT2D eigenvalue weighted by atomic mass is 32.2. The number of aryl methyl sites for hydroxylation is 1. The highest BCUT2D eigenvalue weighted by Gasteiger charge is 2.32. The van der Waals surface area contributed by atoms with Crippen molar-refractivity contribution in [3.05, 3.63) is 36.2 Å². The van der Waals surface area contributed by atoms with E-state index in [1.54, 1.807) is 6.33 Å². The molecule has 1 aromatic carbocycles. The Hall–Kier alpha value is -2.00. The lowest BCUT2D eigenvalue weighted by Gasteiger charge is -2.32. The molecular weight excluding hydrogens is 335 g/mol. The predicted molar refractivity (Wildman–Crippen MR) is 84.7 cm³/mol. The second kappa shape index (κ2) is 6.48. The molecule has 2 aromatic rings. The van der Waals surface area contributed by atoms with Gasteiger partial charge in [0.05, 0.1) is 7.11 Å². The fourth-order valence-corrected chi connectivity index (χ4v) is 4.65. The number of nitrogens with zero attached hydrogens (tertiary/aromatic N) is 4. The lowest BCUT2D eigenvalue weighted by atomic mass is 10.1. The molecule has 0 spiro atoms. The Morgan fingerprint density at radius 1 is 1.29 bits per heavy atom. The van der Waals surface area contributed by atoms with Crippen molar-refractivity contribution in [3.63, 3.8) is 0 Å². The van der Waals surface area contributed by atoms with E-state index in [9.17, 15) is 12.8 Å². The van der Waals surface area contributed by atoms with Gasteiger partial charge in [0.2, 0.25) is 10.0 Å². The Morgan fingerprint density at radius 3 is 2.58 bits per heavy atom. The quantitative estimate of drug-likeness (QED) is 0.836. The molecule has 0 saturated carbocycles. The van der Waals surface area contributed by atoms with Gasteiger partial charge in [0, 0.05) is 19.1 Å². The fraction of sp³-hybridized carbons (Fsp3) is 0.467. The van der Waals surface area contributed by atoms with Crippen LogP contribution < -0.4 is 4.74 Å². The molecule has 0 atom stereocenters. The summed E-state index contributed by atoms with van der Waals surface area (Å²) in [5.41, 5.74) is 0. The van der Waals surface area contributed by atoms with Crippen LogP contribution in [0.5, 0.6) is 5.75 Å². The van der Waals surface area contributed by atoms with Crippen LogP contribution in [0.2, 0.25) is 0 Å². The van der Waals surface area contributed by atoms with Crippen LogP contribution in [0.25, 0.3) is 0 Å². The van der Waals surface area contributed by atoms with Crippen molar-refractivity contribution in [2.75, 3.05) is 20.2 Å². The number of aromatic nitrogens is 3. The van der Waals surface area contributed by atoms with Gasteiger partial charge in [-0.05, 0) is 38.0 Å². The number of rotatable bonds is 4. The van der Waals surface area contributed by atoms with Crippen LogP contribution in [0.15, 0.2) is 29.4 Å². The zero-order valence-corrected chi connectivity index (χ0v) is 14.3. The summed E-state index contributed by atoms with van der Waals surface area (Å²) >= 11 is 0. The van der Waals surface area contributed by atoms with E-state index in [1.807, 2.05) is 11.5 Å². The molecule has 0 amide bonds.